The summed E-state index contributed by atoms with van der Waals surface area (Å²) in [5.41, 5.74) is 0. The van der Waals surface area contributed by atoms with E-state index in [2.05, 4.69) is 0 Å². The van der Waals surface area contributed by atoms with Gasteiger partial charge < -0.3 is 9.11 Å². The van der Waals surface area contributed by atoms with Crippen molar-refractivity contribution < 1.29 is 60.6 Å². The molecule has 0 radical (unpaired) electrons. The van der Waals surface area contributed by atoms with E-state index < -0.39 is 33.5 Å². The Morgan fingerprint density at radius 1 is 0.684 bits per heavy atom. The summed E-state index contributed by atoms with van der Waals surface area (Å²) in [6.45, 7) is 0. The van der Waals surface area contributed by atoms with E-state index in [1.54, 1.807) is 0 Å². The fraction of sp³-hybridized carbons (Fsp3) is 1.00. The summed E-state index contributed by atoms with van der Waals surface area (Å²) in [5.74, 6) is 0. The summed E-state index contributed by atoms with van der Waals surface area (Å²) >= 11 is 0. The zero-order valence-electron chi connectivity index (χ0n) is 8.06. The number of halogens is 6. The molecule has 0 N–H and O–H groups in total. The van der Waals surface area contributed by atoms with Crippen LogP contribution in [0, 0.1) is 0 Å². The van der Waals surface area contributed by atoms with Crippen molar-refractivity contribution >= 4 is 58.5 Å². The van der Waals surface area contributed by atoms with Crippen LogP contribution in [0.3, 0.4) is 0 Å². The van der Waals surface area contributed by atoms with E-state index in [0.717, 1.165) is 0 Å². The summed E-state index contributed by atoms with van der Waals surface area (Å²) in [5, 5.41) is 0. The SMILES string of the molecule is O=S(=O)([O-])OC(F)(F)F.O=S(=O)([O-])OC(F)(F)F.[Ca+2]. The maximum absolute atomic E-state index is 10.8. The van der Waals surface area contributed by atoms with E-state index in [9.17, 15) is 26.3 Å². The van der Waals surface area contributed by atoms with Crippen LogP contribution >= 0.6 is 0 Å². The van der Waals surface area contributed by atoms with Crippen LogP contribution in [-0.4, -0.2) is 76.4 Å². The second-order valence-electron chi connectivity index (χ2n) is 1.87. The first-order valence-corrected chi connectivity index (χ1v) is 5.54. The van der Waals surface area contributed by atoms with Gasteiger partial charge in [-0.05, 0) is 0 Å². The van der Waals surface area contributed by atoms with E-state index in [1.807, 2.05) is 8.37 Å². The molecule has 19 heavy (non-hydrogen) atoms. The van der Waals surface area contributed by atoms with Crippen molar-refractivity contribution in [1.82, 2.24) is 0 Å². The molecule has 0 aliphatic rings. The van der Waals surface area contributed by atoms with Crippen molar-refractivity contribution in [3.05, 3.63) is 0 Å². The molecule has 17 heteroatoms. The van der Waals surface area contributed by atoms with Crippen LogP contribution in [0.15, 0.2) is 0 Å². The average Bonchev–Trinajstić information content (AvgIpc) is 1.64. The Labute approximate surface area is 131 Å². The molecule has 0 fully saturated rings. The molecule has 112 valence electrons. The Kier molecular flexibility index (Phi) is 10.5. The van der Waals surface area contributed by atoms with Gasteiger partial charge in [0.25, 0.3) is 0 Å². The van der Waals surface area contributed by atoms with Crippen molar-refractivity contribution in [3.8, 4) is 0 Å². The molecule has 0 amide bonds. The molecule has 0 heterocycles. The minimum Gasteiger partial charge on any atom is -0.725 e. The van der Waals surface area contributed by atoms with E-state index in [-0.39, 0.29) is 37.7 Å². The average molecular weight is 370 g/mol. The first-order valence-electron chi connectivity index (χ1n) is 2.88. The molecule has 0 aromatic rings. The third-order valence-corrected chi connectivity index (χ3v) is 1.18. The smallest absolute Gasteiger partial charge is 0.725 e. The van der Waals surface area contributed by atoms with Crippen LogP contribution in [0.4, 0.5) is 26.3 Å². The summed E-state index contributed by atoms with van der Waals surface area (Å²) in [7, 11) is -11.3. The molecule has 0 rings (SSSR count). The van der Waals surface area contributed by atoms with E-state index in [4.69, 9.17) is 25.9 Å². The van der Waals surface area contributed by atoms with Gasteiger partial charge in [-0.15, -0.1) is 26.3 Å². The summed E-state index contributed by atoms with van der Waals surface area (Å²) < 4.78 is 123. The normalized spacial score (nSPS) is 13.1. The fourth-order valence-electron chi connectivity index (χ4n) is 0.231. The van der Waals surface area contributed by atoms with Gasteiger partial charge in [0.2, 0.25) is 20.8 Å². The number of rotatable bonds is 2. The number of hydrogen-bond acceptors (Lipinski definition) is 8. The van der Waals surface area contributed by atoms with Gasteiger partial charge in [0, 0.05) is 0 Å². The summed E-state index contributed by atoms with van der Waals surface area (Å²) in [6, 6.07) is 0. The monoisotopic (exact) mass is 370 g/mol. The Hall–Kier alpha value is 0.580. The van der Waals surface area contributed by atoms with Crippen LogP contribution in [-0.2, 0) is 29.2 Å². The molecule has 0 aromatic heterocycles. The quantitative estimate of drug-likeness (QED) is 0.277. The Morgan fingerprint density at radius 3 is 0.842 bits per heavy atom. The van der Waals surface area contributed by atoms with Crippen molar-refractivity contribution in [1.29, 1.82) is 0 Å². The van der Waals surface area contributed by atoms with Gasteiger partial charge in [-0.25, -0.2) is 16.8 Å². The molecular weight excluding hydrogens is 370 g/mol. The van der Waals surface area contributed by atoms with Gasteiger partial charge in [-0.2, -0.15) is 8.37 Å². The summed E-state index contributed by atoms with van der Waals surface area (Å²) in [4.78, 5) is 0. The van der Waals surface area contributed by atoms with Crippen LogP contribution in [0.2, 0.25) is 0 Å². The van der Waals surface area contributed by atoms with Crippen LogP contribution in [0.5, 0.6) is 0 Å². The molecule has 0 spiro atoms. The third kappa shape index (κ3) is 32.3. The van der Waals surface area contributed by atoms with Crippen molar-refractivity contribution in [3.63, 3.8) is 0 Å². The molecular formula is C2CaF6O8S2. The van der Waals surface area contributed by atoms with Gasteiger partial charge in [-0.1, -0.05) is 0 Å². The third-order valence-electron chi connectivity index (χ3n) is 0.393. The Morgan fingerprint density at radius 2 is 0.842 bits per heavy atom. The molecule has 0 atom stereocenters. The second-order valence-corrected chi connectivity index (χ2v) is 3.84. The molecule has 0 saturated heterocycles. The predicted molar refractivity (Wildman–Crippen MR) is 39.4 cm³/mol. The fourth-order valence-corrected chi connectivity index (χ4v) is 0.694. The van der Waals surface area contributed by atoms with Crippen LogP contribution < -0.4 is 0 Å². The molecule has 0 bridgehead atoms. The summed E-state index contributed by atoms with van der Waals surface area (Å²) in [6.07, 6.45) is -10.8. The van der Waals surface area contributed by atoms with Gasteiger partial charge in [0.05, 0.1) is 0 Å². The van der Waals surface area contributed by atoms with Gasteiger partial charge in [0.15, 0.2) is 0 Å². The zero-order chi connectivity index (χ0) is 15.4. The van der Waals surface area contributed by atoms with Crippen LogP contribution in [0.25, 0.3) is 0 Å². The molecule has 0 saturated carbocycles. The van der Waals surface area contributed by atoms with Crippen molar-refractivity contribution in [2.75, 3.05) is 0 Å². The van der Waals surface area contributed by atoms with E-state index >= 15 is 0 Å². The first-order chi connectivity index (χ1) is 7.41. The molecule has 0 aliphatic carbocycles. The van der Waals surface area contributed by atoms with E-state index in [1.165, 1.54) is 0 Å². The number of hydrogen-bond donors (Lipinski definition) is 0. The maximum Gasteiger partial charge on any atom is 2.00 e. The molecule has 8 nitrogen and oxygen atoms in total. The number of alkyl halides is 6. The molecule has 0 aliphatic heterocycles. The van der Waals surface area contributed by atoms with Crippen LogP contribution in [0.1, 0.15) is 0 Å². The zero-order valence-corrected chi connectivity index (χ0v) is 11.9. The predicted octanol–water partition coefficient (Wildman–Crippen LogP) is -0.415. The topological polar surface area (TPSA) is 133 Å². The Balaban J connectivity index is -0.000000256. The minimum atomic E-state index is -5.66. The van der Waals surface area contributed by atoms with Crippen molar-refractivity contribution in [2.45, 2.75) is 12.7 Å². The van der Waals surface area contributed by atoms with Gasteiger partial charge in [-0.3, -0.25) is 0 Å². The first kappa shape index (κ1) is 24.6. The molecule has 0 unspecified atom stereocenters. The molecule has 0 aromatic carbocycles. The van der Waals surface area contributed by atoms with Gasteiger partial charge >= 0.3 is 50.5 Å². The van der Waals surface area contributed by atoms with Gasteiger partial charge in [0.1, 0.15) is 0 Å². The van der Waals surface area contributed by atoms with E-state index in [0.29, 0.717) is 0 Å². The maximum atomic E-state index is 10.8. The second kappa shape index (κ2) is 8.13. The van der Waals surface area contributed by atoms with Crippen molar-refractivity contribution in [2.24, 2.45) is 0 Å². The standard InChI is InChI=1S/2CHF3O4S.Ca/c2*2-1(3,4)8-9(5,6)7;/h2*(H,5,6,7);/q;;+2/p-2. The minimum absolute atomic E-state index is 0. The largest absolute Gasteiger partial charge is 2.00 e. The Bertz CT molecular complexity index is 403.